The van der Waals surface area contributed by atoms with Gasteiger partial charge in [-0.3, -0.25) is 9.36 Å². The van der Waals surface area contributed by atoms with Gasteiger partial charge in [0.15, 0.2) is 0 Å². The summed E-state index contributed by atoms with van der Waals surface area (Å²) >= 11 is 0. The minimum Gasteiger partial charge on any atom is -0.341 e. The number of aryl methyl sites for hydroxylation is 1. The number of nitrogens with zero attached hydrogens (tertiary/aromatic N) is 3. The first-order valence-electron chi connectivity index (χ1n) is 9.52. The van der Waals surface area contributed by atoms with Crippen molar-refractivity contribution < 1.29 is 4.79 Å². The monoisotopic (exact) mass is 358 g/mol. The first kappa shape index (κ1) is 18.7. The molecule has 0 spiro atoms. The molecule has 2 heterocycles. The maximum Gasteiger partial charge on any atom is 0.326 e. The van der Waals surface area contributed by atoms with Crippen LogP contribution < -0.4 is 5.69 Å². The molecule has 0 radical (unpaired) electrons. The number of imidazole rings is 1. The molecule has 6 heteroatoms. The molecule has 142 valence electrons. The third-order valence-electron chi connectivity index (χ3n) is 5.63. The number of benzene rings is 1. The van der Waals surface area contributed by atoms with Crippen LogP contribution in [0.25, 0.3) is 11.0 Å². The summed E-state index contributed by atoms with van der Waals surface area (Å²) in [5.74, 6) is 0.540. The molecule has 1 N–H and O–H groups in total. The van der Waals surface area contributed by atoms with Crippen LogP contribution in [0.3, 0.4) is 0 Å². The van der Waals surface area contributed by atoms with Crippen LogP contribution in [0.2, 0.25) is 0 Å². The van der Waals surface area contributed by atoms with E-state index in [-0.39, 0.29) is 17.6 Å². The number of fused-ring (bicyclic) bond motifs is 1. The zero-order valence-corrected chi connectivity index (χ0v) is 16.3. The molecule has 0 saturated carbocycles. The minimum atomic E-state index is -0.133. The Labute approximate surface area is 154 Å². The second-order valence-electron chi connectivity index (χ2n) is 7.84. The summed E-state index contributed by atoms with van der Waals surface area (Å²) in [6.45, 7) is 7.61. The van der Waals surface area contributed by atoms with Crippen molar-refractivity contribution in [2.24, 2.45) is 13.0 Å². The number of aromatic amines is 1. The topological polar surface area (TPSA) is 61.3 Å². The van der Waals surface area contributed by atoms with E-state index in [1.807, 2.05) is 30.1 Å². The number of rotatable bonds is 6. The second-order valence-corrected chi connectivity index (χ2v) is 7.84. The van der Waals surface area contributed by atoms with Crippen LogP contribution in [-0.4, -0.2) is 58.0 Å². The Hall–Kier alpha value is -2.08. The Morgan fingerprint density at radius 1 is 1.27 bits per heavy atom. The van der Waals surface area contributed by atoms with Crippen LogP contribution in [0.5, 0.6) is 0 Å². The van der Waals surface area contributed by atoms with E-state index in [0.29, 0.717) is 12.3 Å². The number of nitrogens with one attached hydrogen (secondary N) is 1. The maximum atomic E-state index is 12.9. The molecular formula is C20H30N4O2. The molecule has 1 saturated heterocycles. The zero-order valence-electron chi connectivity index (χ0n) is 16.3. The molecule has 2 aromatic rings. The van der Waals surface area contributed by atoms with Crippen molar-refractivity contribution in [2.45, 2.75) is 39.2 Å². The van der Waals surface area contributed by atoms with Crippen molar-refractivity contribution in [3.05, 3.63) is 34.2 Å². The summed E-state index contributed by atoms with van der Waals surface area (Å²) in [6, 6.07) is 5.97. The number of carbonyl (C=O) groups excluding carboxylic acids is 1. The maximum absolute atomic E-state index is 12.9. The molecular weight excluding hydrogens is 328 g/mol. The standard InChI is InChI=1S/C20H30N4O2/c1-14(2)18(13-24-9-5-6-10-24)22(3)19(25)12-15-7-8-17-16(11-15)21-20(26)23(17)4/h7-8,11,14,18H,5-6,9-10,12-13H2,1-4H3,(H,21,26)/t18-/m1/s1. The number of amides is 1. The Bertz CT molecular complexity index is 830. The summed E-state index contributed by atoms with van der Waals surface area (Å²) < 4.78 is 1.58. The Morgan fingerprint density at radius 2 is 1.96 bits per heavy atom. The fourth-order valence-corrected chi connectivity index (χ4v) is 3.89. The number of carbonyl (C=O) groups is 1. The van der Waals surface area contributed by atoms with Crippen molar-refractivity contribution in [1.82, 2.24) is 19.4 Å². The third kappa shape index (κ3) is 3.85. The average molecular weight is 358 g/mol. The van der Waals surface area contributed by atoms with E-state index in [1.54, 1.807) is 11.6 Å². The lowest BCUT2D eigenvalue weighted by Gasteiger charge is -2.34. The number of hydrogen-bond donors (Lipinski definition) is 1. The Kier molecular flexibility index (Phi) is 5.51. The molecule has 0 bridgehead atoms. The molecule has 1 aliphatic heterocycles. The van der Waals surface area contributed by atoms with Crippen molar-refractivity contribution in [3.8, 4) is 0 Å². The molecule has 1 atom stereocenters. The van der Waals surface area contributed by atoms with Gasteiger partial charge in [-0.05, 0) is 49.5 Å². The highest BCUT2D eigenvalue weighted by atomic mass is 16.2. The van der Waals surface area contributed by atoms with Crippen LogP contribution in [0.1, 0.15) is 32.3 Å². The molecule has 6 nitrogen and oxygen atoms in total. The fourth-order valence-electron chi connectivity index (χ4n) is 3.89. The average Bonchev–Trinajstić information content (AvgIpc) is 3.20. The van der Waals surface area contributed by atoms with Crippen molar-refractivity contribution in [3.63, 3.8) is 0 Å². The first-order chi connectivity index (χ1) is 12.4. The third-order valence-corrected chi connectivity index (χ3v) is 5.63. The van der Waals surface area contributed by atoms with Gasteiger partial charge in [-0.2, -0.15) is 0 Å². The van der Waals surface area contributed by atoms with Crippen molar-refractivity contribution >= 4 is 16.9 Å². The summed E-state index contributed by atoms with van der Waals surface area (Å²) in [5.41, 5.74) is 2.43. The van der Waals surface area contributed by atoms with E-state index in [0.717, 1.165) is 36.2 Å². The van der Waals surface area contributed by atoms with Gasteiger partial charge >= 0.3 is 5.69 Å². The quantitative estimate of drug-likeness (QED) is 0.859. The van der Waals surface area contributed by atoms with Crippen molar-refractivity contribution in [1.29, 1.82) is 0 Å². The predicted octanol–water partition coefficient (Wildman–Crippen LogP) is 1.99. The molecule has 1 fully saturated rings. The van der Waals surface area contributed by atoms with Gasteiger partial charge in [0.05, 0.1) is 17.5 Å². The van der Waals surface area contributed by atoms with Gasteiger partial charge in [-0.25, -0.2) is 4.79 Å². The number of aromatic nitrogens is 2. The largest absolute Gasteiger partial charge is 0.341 e. The summed E-state index contributed by atoms with van der Waals surface area (Å²) in [4.78, 5) is 31.8. The highest BCUT2D eigenvalue weighted by molar-refractivity contribution is 5.82. The molecule has 1 amide bonds. The second kappa shape index (κ2) is 7.66. The van der Waals surface area contributed by atoms with E-state index < -0.39 is 0 Å². The van der Waals surface area contributed by atoms with E-state index in [2.05, 4.69) is 23.7 Å². The molecule has 1 aliphatic rings. The zero-order chi connectivity index (χ0) is 18.8. The SMILES string of the molecule is CC(C)[C@@H](CN1CCCC1)N(C)C(=O)Cc1ccc2c(c1)[nH]c(=O)n2C. The van der Waals surface area contributed by atoms with E-state index in [1.165, 1.54) is 12.8 Å². The summed E-state index contributed by atoms with van der Waals surface area (Å²) in [5, 5.41) is 0. The van der Waals surface area contributed by atoms with Crippen LogP contribution in [0, 0.1) is 5.92 Å². The van der Waals surface area contributed by atoms with Gasteiger partial charge in [0, 0.05) is 26.7 Å². The number of H-pyrrole nitrogens is 1. The molecule has 26 heavy (non-hydrogen) atoms. The lowest BCUT2D eigenvalue weighted by atomic mass is 10.0. The molecule has 1 aromatic heterocycles. The minimum absolute atomic E-state index is 0.125. The number of likely N-dealkylation sites (tertiary alicyclic amines) is 1. The van der Waals surface area contributed by atoms with Gasteiger partial charge in [-0.15, -0.1) is 0 Å². The highest BCUT2D eigenvalue weighted by Crippen LogP contribution is 2.18. The van der Waals surface area contributed by atoms with Gasteiger partial charge in [0.1, 0.15) is 0 Å². The normalized spacial score (nSPS) is 16.5. The molecule has 1 aromatic carbocycles. The Balaban J connectivity index is 1.71. The highest BCUT2D eigenvalue weighted by Gasteiger charge is 2.26. The van der Waals surface area contributed by atoms with E-state index in [9.17, 15) is 9.59 Å². The summed E-state index contributed by atoms with van der Waals surface area (Å²) in [7, 11) is 3.66. The molecule has 0 unspecified atom stereocenters. The first-order valence-corrected chi connectivity index (χ1v) is 9.52. The van der Waals surface area contributed by atoms with Gasteiger partial charge in [0.2, 0.25) is 5.91 Å². The Morgan fingerprint density at radius 3 is 2.62 bits per heavy atom. The van der Waals surface area contributed by atoms with E-state index in [4.69, 9.17) is 0 Å². The lowest BCUT2D eigenvalue weighted by Crippen LogP contribution is -2.47. The van der Waals surface area contributed by atoms with Crippen LogP contribution in [0.4, 0.5) is 0 Å². The summed E-state index contributed by atoms with van der Waals surface area (Å²) in [6.07, 6.45) is 2.88. The predicted molar refractivity (Wildman–Crippen MR) is 104 cm³/mol. The van der Waals surface area contributed by atoms with Gasteiger partial charge in [-0.1, -0.05) is 19.9 Å². The molecule has 3 rings (SSSR count). The number of likely N-dealkylation sites (N-methyl/N-ethyl adjacent to an activating group) is 1. The van der Waals surface area contributed by atoms with Crippen LogP contribution in [0.15, 0.2) is 23.0 Å². The van der Waals surface area contributed by atoms with E-state index >= 15 is 0 Å². The molecule has 0 aliphatic carbocycles. The van der Waals surface area contributed by atoms with Crippen molar-refractivity contribution in [2.75, 3.05) is 26.7 Å². The lowest BCUT2D eigenvalue weighted by molar-refractivity contribution is -0.132. The van der Waals surface area contributed by atoms with Gasteiger partial charge < -0.3 is 14.8 Å². The van der Waals surface area contributed by atoms with Gasteiger partial charge in [0.25, 0.3) is 0 Å². The van der Waals surface area contributed by atoms with Crippen LogP contribution in [-0.2, 0) is 18.3 Å². The smallest absolute Gasteiger partial charge is 0.326 e. The van der Waals surface area contributed by atoms with Crippen LogP contribution >= 0.6 is 0 Å². The fraction of sp³-hybridized carbons (Fsp3) is 0.600. The number of hydrogen-bond acceptors (Lipinski definition) is 3.